The van der Waals surface area contributed by atoms with E-state index in [0.29, 0.717) is 11.1 Å². The van der Waals surface area contributed by atoms with E-state index in [1.807, 2.05) is 7.11 Å². The number of hydrogen-bond donors (Lipinski definition) is 1. The van der Waals surface area contributed by atoms with Gasteiger partial charge in [0.05, 0.1) is 0 Å². The average molecular weight is 294 g/mol. The average Bonchev–Trinajstić information content (AvgIpc) is 2.53. The third kappa shape index (κ3) is 3.46. The van der Waals surface area contributed by atoms with Crippen LogP contribution in [0.5, 0.6) is 0 Å². The Kier molecular flexibility index (Phi) is 5.23. The van der Waals surface area contributed by atoms with Crippen molar-refractivity contribution in [2.45, 2.75) is 81.7 Å². The van der Waals surface area contributed by atoms with Gasteiger partial charge in [-0.25, -0.2) is 0 Å². The topological polar surface area (TPSA) is 24.5 Å². The van der Waals surface area contributed by atoms with Gasteiger partial charge in [0.2, 0.25) is 0 Å². The number of hydrogen-bond acceptors (Lipinski definition) is 3. The molecule has 122 valence electrons. The molecule has 0 aromatic carbocycles. The van der Waals surface area contributed by atoms with Crippen LogP contribution in [-0.4, -0.2) is 49.3 Å². The standard InChI is InChI=1S/C18H34N2O/c1-21-14-8-13-20-16-17(9-4-2-5-10-17)19-15-18(20)11-6-3-7-12-18/h19H,2-16H2,1H3. The Morgan fingerprint density at radius 3 is 2.29 bits per heavy atom. The summed E-state index contributed by atoms with van der Waals surface area (Å²) in [5.74, 6) is 0. The second-order valence-corrected chi connectivity index (χ2v) is 7.75. The highest BCUT2D eigenvalue weighted by atomic mass is 16.5. The van der Waals surface area contributed by atoms with E-state index in [2.05, 4.69) is 10.2 Å². The lowest BCUT2D eigenvalue weighted by Crippen LogP contribution is -2.70. The first-order valence-corrected chi connectivity index (χ1v) is 9.28. The van der Waals surface area contributed by atoms with Crippen molar-refractivity contribution in [2.75, 3.05) is 33.4 Å². The molecule has 3 heteroatoms. The zero-order chi connectivity index (χ0) is 14.6. The van der Waals surface area contributed by atoms with Crippen molar-refractivity contribution in [1.82, 2.24) is 10.2 Å². The lowest BCUT2D eigenvalue weighted by atomic mass is 9.72. The van der Waals surface area contributed by atoms with Crippen LogP contribution in [0.3, 0.4) is 0 Å². The first kappa shape index (κ1) is 15.8. The summed E-state index contributed by atoms with van der Waals surface area (Å²) in [6, 6.07) is 0. The van der Waals surface area contributed by atoms with E-state index in [1.165, 1.54) is 90.3 Å². The minimum atomic E-state index is 0.439. The van der Waals surface area contributed by atoms with Gasteiger partial charge in [-0.3, -0.25) is 4.90 Å². The molecule has 1 saturated heterocycles. The van der Waals surface area contributed by atoms with Gasteiger partial charge in [-0.1, -0.05) is 38.5 Å². The SMILES string of the molecule is COCCCN1CC2(CCCCC2)NCC12CCCCC2. The van der Waals surface area contributed by atoms with E-state index >= 15 is 0 Å². The Hall–Kier alpha value is -0.120. The zero-order valence-electron chi connectivity index (χ0n) is 14.0. The number of piperazine rings is 1. The molecule has 3 fully saturated rings. The highest BCUT2D eigenvalue weighted by molar-refractivity contribution is 5.07. The summed E-state index contributed by atoms with van der Waals surface area (Å²) in [7, 11) is 1.83. The molecule has 0 aromatic rings. The fourth-order valence-corrected chi connectivity index (χ4v) is 5.04. The van der Waals surface area contributed by atoms with E-state index < -0.39 is 0 Å². The number of nitrogens with zero attached hydrogens (tertiary/aromatic N) is 1. The Labute approximate surface area is 130 Å². The van der Waals surface area contributed by atoms with Crippen LogP contribution < -0.4 is 5.32 Å². The van der Waals surface area contributed by atoms with Gasteiger partial charge in [0, 0.05) is 44.4 Å². The molecule has 1 heterocycles. The molecule has 1 N–H and O–H groups in total. The Balaban J connectivity index is 1.69. The molecule has 0 bridgehead atoms. The summed E-state index contributed by atoms with van der Waals surface area (Å²) in [6.45, 7) is 4.67. The van der Waals surface area contributed by atoms with Crippen LogP contribution in [-0.2, 0) is 4.74 Å². The van der Waals surface area contributed by atoms with Gasteiger partial charge in [0.1, 0.15) is 0 Å². The molecule has 0 unspecified atom stereocenters. The highest BCUT2D eigenvalue weighted by Gasteiger charge is 2.47. The van der Waals surface area contributed by atoms with Crippen molar-refractivity contribution < 1.29 is 4.74 Å². The van der Waals surface area contributed by atoms with Gasteiger partial charge < -0.3 is 10.1 Å². The van der Waals surface area contributed by atoms with Crippen LogP contribution in [0.25, 0.3) is 0 Å². The maximum Gasteiger partial charge on any atom is 0.0474 e. The van der Waals surface area contributed by atoms with E-state index in [1.54, 1.807) is 0 Å². The first-order valence-electron chi connectivity index (χ1n) is 9.28. The molecule has 2 spiro atoms. The molecule has 0 amide bonds. The third-order valence-corrected chi connectivity index (χ3v) is 6.33. The number of rotatable bonds is 4. The van der Waals surface area contributed by atoms with Crippen LogP contribution in [0, 0.1) is 0 Å². The van der Waals surface area contributed by atoms with Crippen LogP contribution in [0.1, 0.15) is 70.6 Å². The van der Waals surface area contributed by atoms with Gasteiger partial charge >= 0.3 is 0 Å². The molecule has 2 aliphatic carbocycles. The number of methoxy groups -OCH3 is 1. The molecule has 2 saturated carbocycles. The highest BCUT2D eigenvalue weighted by Crippen LogP contribution is 2.40. The molecule has 21 heavy (non-hydrogen) atoms. The third-order valence-electron chi connectivity index (χ3n) is 6.33. The Morgan fingerprint density at radius 2 is 1.62 bits per heavy atom. The largest absolute Gasteiger partial charge is 0.385 e. The van der Waals surface area contributed by atoms with E-state index in [9.17, 15) is 0 Å². The second kappa shape index (κ2) is 6.97. The van der Waals surface area contributed by atoms with Crippen LogP contribution in [0.15, 0.2) is 0 Å². The maximum absolute atomic E-state index is 5.30. The Morgan fingerprint density at radius 1 is 0.952 bits per heavy atom. The van der Waals surface area contributed by atoms with Gasteiger partial charge in [-0.15, -0.1) is 0 Å². The predicted molar refractivity (Wildman–Crippen MR) is 87.7 cm³/mol. The fraction of sp³-hybridized carbons (Fsp3) is 1.00. The van der Waals surface area contributed by atoms with Gasteiger partial charge in [0.15, 0.2) is 0 Å². The van der Waals surface area contributed by atoms with Gasteiger partial charge in [0.25, 0.3) is 0 Å². The monoisotopic (exact) mass is 294 g/mol. The quantitative estimate of drug-likeness (QED) is 0.805. The fourth-order valence-electron chi connectivity index (χ4n) is 5.04. The predicted octanol–water partition coefficient (Wildman–Crippen LogP) is 3.33. The molecular formula is C18H34N2O. The van der Waals surface area contributed by atoms with Crippen molar-refractivity contribution in [3.63, 3.8) is 0 Å². The molecule has 0 atom stereocenters. The Bertz CT molecular complexity index is 319. The van der Waals surface area contributed by atoms with Crippen LogP contribution in [0.2, 0.25) is 0 Å². The van der Waals surface area contributed by atoms with Crippen LogP contribution in [0.4, 0.5) is 0 Å². The molecule has 0 radical (unpaired) electrons. The molecule has 3 aliphatic rings. The molecular weight excluding hydrogens is 260 g/mol. The summed E-state index contributed by atoms with van der Waals surface area (Å²) in [6.07, 6.45) is 15.4. The summed E-state index contributed by atoms with van der Waals surface area (Å²) < 4.78 is 5.30. The van der Waals surface area contributed by atoms with Crippen molar-refractivity contribution in [2.24, 2.45) is 0 Å². The van der Waals surface area contributed by atoms with Gasteiger partial charge in [-0.05, 0) is 32.1 Å². The summed E-state index contributed by atoms with van der Waals surface area (Å²) >= 11 is 0. The minimum absolute atomic E-state index is 0.439. The first-order chi connectivity index (χ1) is 10.3. The van der Waals surface area contributed by atoms with E-state index in [-0.39, 0.29) is 0 Å². The smallest absolute Gasteiger partial charge is 0.0474 e. The van der Waals surface area contributed by atoms with E-state index in [0.717, 1.165) is 6.61 Å². The summed E-state index contributed by atoms with van der Waals surface area (Å²) in [5, 5.41) is 4.04. The van der Waals surface area contributed by atoms with E-state index in [4.69, 9.17) is 4.74 Å². The van der Waals surface area contributed by atoms with Crippen molar-refractivity contribution in [3.8, 4) is 0 Å². The molecule has 1 aliphatic heterocycles. The normalized spacial score (nSPS) is 29.0. The minimum Gasteiger partial charge on any atom is -0.385 e. The lowest BCUT2D eigenvalue weighted by molar-refractivity contribution is -0.0329. The zero-order valence-corrected chi connectivity index (χ0v) is 14.0. The van der Waals surface area contributed by atoms with Crippen molar-refractivity contribution in [3.05, 3.63) is 0 Å². The molecule has 3 nitrogen and oxygen atoms in total. The van der Waals surface area contributed by atoms with Crippen molar-refractivity contribution in [1.29, 1.82) is 0 Å². The summed E-state index contributed by atoms with van der Waals surface area (Å²) in [4.78, 5) is 2.88. The second-order valence-electron chi connectivity index (χ2n) is 7.75. The van der Waals surface area contributed by atoms with Crippen molar-refractivity contribution >= 4 is 0 Å². The summed E-state index contributed by atoms with van der Waals surface area (Å²) in [5.41, 5.74) is 0.905. The maximum atomic E-state index is 5.30. The number of ether oxygens (including phenoxy) is 1. The van der Waals surface area contributed by atoms with Crippen LogP contribution >= 0.6 is 0 Å². The lowest BCUT2D eigenvalue weighted by Gasteiger charge is -2.57. The van der Waals surface area contributed by atoms with Gasteiger partial charge in [-0.2, -0.15) is 0 Å². The number of nitrogens with one attached hydrogen (secondary N) is 1. The molecule has 0 aromatic heterocycles. The molecule has 3 rings (SSSR count).